The second-order valence-corrected chi connectivity index (χ2v) is 10.1. The minimum Gasteiger partial charge on any atom is -0.507 e. The zero-order valence-corrected chi connectivity index (χ0v) is 21.4. The largest absolute Gasteiger partial charge is 0.507 e. The molecule has 1 atom stereocenters. The number of aromatic hydroxyl groups is 1. The van der Waals surface area contributed by atoms with Crippen molar-refractivity contribution in [1.29, 1.82) is 0 Å². The third-order valence-electron chi connectivity index (χ3n) is 6.67. The Balaban J connectivity index is 1.95. The molecule has 2 rings (SSSR count). The van der Waals surface area contributed by atoms with Crippen molar-refractivity contribution in [2.24, 2.45) is 0 Å². The SMILES string of the molecule is CC(C)=CCC/C(C)=C/CC/C(C)=C/CCC1(C)CC(=O)c2c(C)c(O)c(C)c(C)c2O1. The maximum atomic E-state index is 12.9. The van der Waals surface area contributed by atoms with E-state index < -0.39 is 5.60 Å². The van der Waals surface area contributed by atoms with Gasteiger partial charge in [0.05, 0.1) is 12.0 Å². The molecule has 0 bridgehead atoms. The van der Waals surface area contributed by atoms with Gasteiger partial charge in [0.2, 0.25) is 0 Å². The van der Waals surface area contributed by atoms with E-state index in [0.29, 0.717) is 23.3 Å². The molecule has 176 valence electrons. The smallest absolute Gasteiger partial charge is 0.170 e. The molecule has 1 aromatic carbocycles. The zero-order valence-electron chi connectivity index (χ0n) is 21.4. The van der Waals surface area contributed by atoms with Crippen molar-refractivity contribution in [1.82, 2.24) is 0 Å². The number of rotatable bonds is 9. The zero-order chi connectivity index (χ0) is 24.1. The number of benzene rings is 1. The van der Waals surface area contributed by atoms with Crippen molar-refractivity contribution in [3.8, 4) is 11.5 Å². The summed E-state index contributed by atoms with van der Waals surface area (Å²) in [7, 11) is 0. The minimum atomic E-state index is -0.511. The number of phenolic OH excluding ortho intramolecular Hbond substituents is 1. The van der Waals surface area contributed by atoms with Crippen LogP contribution in [-0.4, -0.2) is 16.5 Å². The Morgan fingerprint density at radius 1 is 0.906 bits per heavy atom. The van der Waals surface area contributed by atoms with Crippen molar-refractivity contribution in [2.45, 2.75) is 106 Å². The molecule has 1 N–H and O–H groups in total. The maximum Gasteiger partial charge on any atom is 0.170 e. The summed E-state index contributed by atoms with van der Waals surface area (Å²) in [6.07, 6.45) is 13.4. The van der Waals surface area contributed by atoms with E-state index in [1.807, 2.05) is 20.8 Å². The standard InChI is InChI=1S/C29H42O3/c1-19(2)12-9-13-20(3)14-10-15-21(4)16-11-17-29(8)18-25(30)26-24(7)27(31)22(5)23(6)28(26)32-29/h12,14,16,31H,9-11,13,15,17-18H2,1-8H3/b20-14+,21-16+. The Morgan fingerprint density at radius 2 is 1.47 bits per heavy atom. The number of carbonyl (C=O) groups is 1. The lowest BCUT2D eigenvalue weighted by atomic mass is 9.84. The molecule has 1 aliphatic rings. The summed E-state index contributed by atoms with van der Waals surface area (Å²) in [5.74, 6) is 0.937. The molecule has 0 radical (unpaired) electrons. The van der Waals surface area contributed by atoms with Gasteiger partial charge in [-0.2, -0.15) is 0 Å². The van der Waals surface area contributed by atoms with E-state index in [9.17, 15) is 9.90 Å². The summed E-state index contributed by atoms with van der Waals surface area (Å²) in [5.41, 5.74) is 6.56. The van der Waals surface area contributed by atoms with E-state index in [4.69, 9.17) is 4.74 Å². The lowest BCUT2D eigenvalue weighted by Crippen LogP contribution is -2.39. The van der Waals surface area contributed by atoms with E-state index in [1.165, 1.54) is 16.7 Å². The predicted molar refractivity (Wildman–Crippen MR) is 135 cm³/mol. The number of hydrogen-bond donors (Lipinski definition) is 1. The Morgan fingerprint density at radius 3 is 2.06 bits per heavy atom. The van der Waals surface area contributed by atoms with Crippen LogP contribution in [-0.2, 0) is 0 Å². The molecular weight excluding hydrogens is 396 g/mol. The van der Waals surface area contributed by atoms with Crippen LogP contribution >= 0.6 is 0 Å². The first-order valence-corrected chi connectivity index (χ1v) is 11.9. The molecule has 0 saturated heterocycles. The van der Waals surface area contributed by atoms with E-state index >= 15 is 0 Å². The fourth-order valence-electron chi connectivity index (χ4n) is 4.38. The summed E-state index contributed by atoms with van der Waals surface area (Å²) >= 11 is 0. The van der Waals surface area contributed by atoms with Gasteiger partial charge in [0.15, 0.2) is 5.78 Å². The number of ketones is 1. The summed E-state index contributed by atoms with van der Waals surface area (Å²) in [6, 6.07) is 0. The minimum absolute atomic E-state index is 0.0686. The van der Waals surface area contributed by atoms with Crippen LogP contribution in [0.2, 0.25) is 0 Å². The molecule has 3 nitrogen and oxygen atoms in total. The van der Waals surface area contributed by atoms with Crippen LogP contribution in [0.4, 0.5) is 0 Å². The summed E-state index contributed by atoms with van der Waals surface area (Å²) in [4.78, 5) is 12.9. The highest BCUT2D eigenvalue weighted by Gasteiger charge is 2.38. The van der Waals surface area contributed by atoms with Gasteiger partial charge in [-0.25, -0.2) is 0 Å². The van der Waals surface area contributed by atoms with Gasteiger partial charge in [-0.3, -0.25) is 4.79 Å². The monoisotopic (exact) mass is 438 g/mol. The average Bonchev–Trinajstić information content (AvgIpc) is 2.69. The molecule has 1 heterocycles. The van der Waals surface area contributed by atoms with Crippen molar-refractivity contribution in [3.63, 3.8) is 0 Å². The normalized spacial score (nSPS) is 18.9. The van der Waals surface area contributed by atoms with Crippen molar-refractivity contribution in [2.75, 3.05) is 0 Å². The van der Waals surface area contributed by atoms with Gasteiger partial charge in [0, 0.05) is 5.56 Å². The predicted octanol–water partition coefficient (Wildman–Crippen LogP) is 8.24. The number of carbonyl (C=O) groups excluding carboxylic acids is 1. The van der Waals surface area contributed by atoms with Gasteiger partial charge in [0.1, 0.15) is 17.1 Å². The number of Topliss-reactive ketones (excluding diaryl/α,β-unsaturated/α-hetero) is 1. The Labute approximate surface area is 195 Å². The Hall–Kier alpha value is -2.29. The van der Waals surface area contributed by atoms with Crippen LogP contribution < -0.4 is 4.74 Å². The second kappa shape index (κ2) is 11.0. The molecule has 0 saturated carbocycles. The lowest BCUT2D eigenvalue weighted by molar-refractivity contribution is 0.0466. The molecule has 0 fully saturated rings. The summed E-state index contributed by atoms with van der Waals surface area (Å²) in [6.45, 7) is 16.3. The van der Waals surface area contributed by atoms with Crippen LogP contribution in [0.5, 0.6) is 11.5 Å². The summed E-state index contributed by atoms with van der Waals surface area (Å²) in [5, 5.41) is 10.3. The van der Waals surface area contributed by atoms with E-state index in [-0.39, 0.29) is 11.5 Å². The Bertz CT molecular complexity index is 942. The third kappa shape index (κ3) is 6.60. The first-order valence-electron chi connectivity index (χ1n) is 11.9. The fraction of sp³-hybridized carbons (Fsp3) is 0.552. The van der Waals surface area contributed by atoms with Gasteiger partial charge >= 0.3 is 0 Å². The molecule has 1 unspecified atom stereocenters. The van der Waals surface area contributed by atoms with E-state index in [0.717, 1.165) is 49.7 Å². The molecular formula is C29H42O3. The van der Waals surface area contributed by atoms with Crippen LogP contribution in [0.1, 0.15) is 107 Å². The van der Waals surface area contributed by atoms with Gasteiger partial charge in [-0.15, -0.1) is 0 Å². The molecule has 3 heteroatoms. The molecule has 0 aromatic heterocycles. The van der Waals surface area contributed by atoms with Crippen LogP contribution in [0, 0.1) is 20.8 Å². The van der Waals surface area contributed by atoms with Crippen molar-refractivity contribution in [3.05, 3.63) is 57.2 Å². The first kappa shape index (κ1) is 26.0. The highest BCUT2D eigenvalue weighted by Crippen LogP contribution is 2.44. The van der Waals surface area contributed by atoms with E-state index in [2.05, 4.69) is 45.9 Å². The van der Waals surface area contributed by atoms with Crippen LogP contribution in [0.3, 0.4) is 0 Å². The lowest BCUT2D eigenvalue weighted by Gasteiger charge is -2.37. The molecule has 32 heavy (non-hydrogen) atoms. The topological polar surface area (TPSA) is 46.5 Å². The third-order valence-corrected chi connectivity index (χ3v) is 6.67. The van der Waals surface area contributed by atoms with Crippen molar-refractivity contribution >= 4 is 5.78 Å². The summed E-state index contributed by atoms with van der Waals surface area (Å²) < 4.78 is 6.41. The first-order chi connectivity index (χ1) is 14.9. The van der Waals surface area contributed by atoms with Crippen LogP contribution in [0.15, 0.2) is 34.9 Å². The second-order valence-electron chi connectivity index (χ2n) is 10.1. The van der Waals surface area contributed by atoms with E-state index in [1.54, 1.807) is 6.92 Å². The highest BCUT2D eigenvalue weighted by molar-refractivity contribution is 6.03. The highest BCUT2D eigenvalue weighted by atomic mass is 16.5. The van der Waals surface area contributed by atoms with Gasteiger partial charge in [0.25, 0.3) is 0 Å². The van der Waals surface area contributed by atoms with Crippen LogP contribution in [0.25, 0.3) is 0 Å². The van der Waals surface area contributed by atoms with Gasteiger partial charge < -0.3 is 9.84 Å². The number of phenols is 1. The Kier molecular flexibility index (Phi) is 8.95. The van der Waals surface area contributed by atoms with Crippen molar-refractivity contribution < 1.29 is 14.6 Å². The average molecular weight is 439 g/mol. The number of hydrogen-bond acceptors (Lipinski definition) is 3. The molecule has 0 amide bonds. The molecule has 1 aromatic rings. The fourth-order valence-corrected chi connectivity index (χ4v) is 4.38. The number of fused-ring (bicyclic) bond motifs is 1. The number of allylic oxidation sites excluding steroid dienone is 6. The molecule has 0 aliphatic carbocycles. The number of ether oxygens (including phenoxy) is 1. The quantitative estimate of drug-likeness (QED) is 0.395. The molecule has 0 spiro atoms. The van der Waals surface area contributed by atoms with Gasteiger partial charge in [-0.05, 0) is 105 Å². The maximum absolute atomic E-state index is 12.9. The molecule has 1 aliphatic heterocycles. The van der Waals surface area contributed by atoms with Gasteiger partial charge in [-0.1, -0.05) is 34.9 Å².